The molecule has 0 saturated heterocycles. The van der Waals surface area contributed by atoms with Gasteiger partial charge in [0.05, 0.1) is 39.2 Å². The van der Waals surface area contributed by atoms with E-state index in [-0.39, 0.29) is 28.8 Å². The van der Waals surface area contributed by atoms with Crippen molar-refractivity contribution in [3.8, 4) is 11.5 Å². The number of aromatic amines is 1. The predicted molar refractivity (Wildman–Crippen MR) is 109 cm³/mol. The number of nitro groups is 1. The van der Waals surface area contributed by atoms with Crippen molar-refractivity contribution in [3.05, 3.63) is 69.0 Å². The Hall–Kier alpha value is -3.69. The lowest BCUT2D eigenvalue weighted by Crippen LogP contribution is -2.07. The Morgan fingerprint density at radius 1 is 1.23 bits per heavy atom. The minimum Gasteiger partial charge on any atom is -0.477 e. The van der Waals surface area contributed by atoms with Crippen LogP contribution < -0.4 is 4.74 Å². The zero-order chi connectivity index (χ0) is 21.4. The monoisotopic (exact) mass is 427 g/mol. The molecule has 152 valence electrons. The number of non-ortho nitro benzene ring substituents is 1. The average molecular weight is 428 g/mol. The van der Waals surface area contributed by atoms with Crippen molar-refractivity contribution in [1.29, 1.82) is 0 Å². The highest BCUT2D eigenvalue weighted by atomic mass is 35.5. The summed E-state index contributed by atoms with van der Waals surface area (Å²) in [5.41, 5.74) is 1.44. The Balaban J connectivity index is 1.94. The van der Waals surface area contributed by atoms with Gasteiger partial charge in [-0.15, -0.1) is 0 Å². The minimum absolute atomic E-state index is 0.0333. The van der Waals surface area contributed by atoms with Crippen LogP contribution in [-0.2, 0) is 11.3 Å². The zero-order valence-corrected chi connectivity index (χ0v) is 16.3. The highest BCUT2D eigenvalue weighted by Crippen LogP contribution is 2.40. The number of pyridine rings is 1. The molecule has 0 unspecified atom stereocenters. The molecular formula is C20H14ClN3O6. The first-order valence-electron chi connectivity index (χ1n) is 8.67. The van der Waals surface area contributed by atoms with Gasteiger partial charge in [-0.2, -0.15) is 0 Å². The molecule has 0 spiro atoms. The van der Waals surface area contributed by atoms with Crippen molar-refractivity contribution < 1.29 is 24.3 Å². The SMILES string of the molecule is COCc1c(C(=O)O)ncc2[nH]c3cccc(Oc4ccc([N+](=O)[O-])cc4Cl)c3c12. The van der Waals surface area contributed by atoms with E-state index < -0.39 is 10.9 Å². The molecule has 4 aromatic rings. The summed E-state index contributed by atoms with van der Waals surface area (Å²) in [6.07, 6.45) is 1.45. The number of carbonyl (C=O) groups is 1. The fourth-order valence-electron chi connectivity index (χ4n) is 3.33. The first-order chi connectivity index (χ1) is 14.4. The maximum atomic E-state index is 11.7. The lowest BCUT2D eigenvalue weighted by Gasteiger charge is -2.11. The van der Waals surface area contributed by atoms with E-state index in [0.29, 0.717) is 33.1 Å². The lowest BCUT2D eigenvalue weighted by molar-refractivity contribution is -0.384. The number of benzene rings is 2. The quantitative estimate of drug-likeness (QED) is 0.330. The van der Waals surface area contributed by atoms with Crippen LogP contribution in [0.4, 0.5) is 5.69 Å². The van der Waals surface area contributed by atoms with Gasteiger partial charge in [-0.3, -0.25) is 10.1 Å². The van der Waals surface area contributed by atoms with E-state index >= 15 is 0 Å². The number of rotatable bonds is 6. The molecule has 0 aliphatic carbocycles. The van der Waals surface area contributed by atoms with Gasteiger partial charge in [-0.25, -0.2) is 9.78 Å². The van der Waals surface area contributed by atoms with Gasteiger partial charge in [0.25, 0.3) is 5.69 Å². The molecule has 10 heteroatoms. The number of carboxylic acids is 1. The van der Waals surface area contributed by atoms with Gasteiger partial charge >= 0.3 is 5.97 Å². The Bertz CT molecular complexity index is 1320. The molecule has 0 saturated carbocycles. The standard InChI is InChI=1S/C20H14ClN3O6/c1-29-9-11-17-14(8-22-19(11)20(25)26)23-13-3-2-4-16(18(13)17)30-15-6-5-10(24(27)28)7-12(15)21/h2-8,23H,9H2,1H3,(H,25,26). The van der Waals surface area contributed by atoms with Crippen LogP contribution in [0.3, 0.4) is 0 Å². The second kappa shape index (κ2) is 7.62. The lowest BCUT2D eigenvalue weighted by atomic mass is 10.1. The van der Waals surface area contributed by atoms with Crippen LogP contribution in [0.5, 0.6) is 11.5 Å². The van der Waals surface area contributed by atoms with Crippen molar-refractivity contribution >= 4 is 45.1 Å². The number of aromatic nitrogens is 2. The van der Waals surface area contributed by atoms with Crippen LogP contribution in [0.15, 0.2) is 42.6 Å². The molecule has 9 nitrogen and oxygen atoms in total. The van der Waals surface area contributed by atoms with Crippen molar-refractivity contribution in [2.24, 2.45) is 0 Å². The molecule has 0 radical (unpaired) electrons. The van der Waals surface area contributed by atoms with E-state index in [4.69, 9.17) is 21.1 Å². The summed E-state index contributed by atoms with van der Waals surface area (Å²) >= 11 is 6.17. The Morgan fingerprint density at radius 2 is 2.03 bits per heavy atom. The second-order valence-electron chi connectivity index (χ2n) is 6.39. The molecule has 0 atom stereocenters. The van der Waals surface area contributed by atoms with E-state index in [0.717, 1.165) is 0 Å². The number of fused-ring (bicyclic) bond motifs is 3. The van der Waals surface area contributed by atoms with Crippen LogP contribution in [0.2, 0.25) is 5.02 Å². The van der Waals surface area contributed by atoms with E-state index in [1.807, 2.05) is 6.07 Å². The molecule has 0 bridgehead atoms. The van der Waals surface area contributed by atoms with Gasteiger partial charge in [-0.05, 0) is 18.2 Å². The molecule has 2 aromatic carbocycles. The highest BCUT2D eigenvalue weighted by molar-refractivity contribution is 6.32. The van der Waals surface area contributed by atoms with E-state index in [9.17, 15) is 20.0 Å². The smallest absolute Gasteiger partial charge is 0.354 e. The summed E-state index contributed by atoms with van der Waals surface area (Å²) < 4.78 is 11.2. The number of aromatic carboxylic acids is 1. The van der Waals surface area contributed by atoms with Gasteiger partial charge in [0.1, 0.15) is 11.5 Å². The molecule has 0 fully saturated rings. The number of halogens is 1. The van der Waals surface area contributed by atoms with E-state index in [2.05, 4.69) is 9.97 Å². The van der Waals surface area contributed by atoms with Gasteiger partial charge < -0.3 is 19.6 Å². The molecule has 30 heavy (non-hydrogen) atoms. The van der Waals surface area contributed by atoms with E-state index in [1.165, 1.54) is 31.5 Å². The third-order valence-corrected chi connectivity index (χ3v) is 4.86. The predicted octanol–water partition coefficient (Wildman–Crippen LogP) is 4.91. The van der Waals surface area contributed by atoms with Crippen LogP contribution in [0.25, 0.3) is 21.8 Å². The number of nitrogens with one attached hydrogen (secondary N) is 1. The first kappa shape index (κ1) is 19.6. The average Bonchev–Trinajstić information content (AvgIpc) is 3.09. The molecule has 2 N–H and O–H groups in total. The van der Waals surface area contributed by atoms with Crippen LogP contribution >= 0.6 is 11.6 Å². The topological polar surface area (TPSA) is 128 Å². The number of methoxy groups -OCH3 is 1. The normalized spacial score (nSPS) is 11.1. The molecule has 4 rings (SSSR count). The molecular weight excluding hydrogens is 414 g/mol. The Labute approximate surface area is 174 Å². The summed E-state index contributed by atoms with van der Waals surface area (Å²) in [7, 11) is 1.47. The first-order valence-corrected chi connectivity index (χ1v) is 9.04. The van der Waals surface area contributed by atoms with Crippen LogP contribution in [-0.4, -0.2) is 33.1 Å². The van der Waals surface area contributed by atoms with Gasteiger partial charge in [0.2, 0.25) is 0 Å². The molecule has 0 aliphatic rings. The van der Waals surface area contributed by atoms with Crippen molar-refractivity contribution in [2.75, 3.05) is 7.11 Å². The second-order valence-corrected chi connectivity index (χ2v) is 6.80. The van der Waals surface area contributed by atoms with Crippen molar-refractivity contribution in [3.63, 3.8) is 0 Å². The fourth-order valence-corrected chi connectivity index (χ4v) is 3.54. The number of carboxylic acid groups (broad SMARTS) is 1. The number of H-pyrrole nitrogens is 1. The number of hydrogen-bond donors (Lipinski definition) is 2. The molecule has 2 aromatic heterocycles. The van der Waals surface area contributed by atoms with Crippen molar-refractivity contribution in [2.45, 2.75) is 6.61 Å². The molecule has 0 amide bonds. The summed E-state index contributed by atoms with van der Waals surface area (Å²) in [5.74, 6) is -0.547. The van der Waals surface area contributed by atoms with Gasteiger partial charge in [-0.1, -0.05) is 17.7 Å². The van der Waals surface area contributed by atoms with Crippen LogP contribution in [0, 0.1) is 10.1 Å². The highest BCUT2D eigenvalue weighted by Gasteiger charge is 2.21. The maximum absolute atomic E-state index is 11.7. The summed E-state index contributed by atoms with van der Waals surface area (Å²) in [6, 6.07) is 9.18. The third-order valence-electron chi connectivity index (χ3n) is 4.56. The van der Waals surface area contributed by atoms with Crippen molar-refractivity contribution in [1.82, 2.24) is 9.97 Å². The third kappa shape index (κ3) is 3.30. The number of ether oxygens (including phenoxy) is 2. The van der Waals surface area contributed by atoms with Gasteiger partial charge in [0.15, 0.2) is 5.69 Å². The fraction of sp³-hybridized carbons (Fsp3) is 0.100. The number of nitro benzene ring substituents is 1. The largest absolute Gasteiger partial charge is 0.477 e. The summed E-state index contributed by atoms with van der Waals surface area (Å²) in [4.78, 5) is 29.3. The zero-order valence-electron chi connectivity index (χ0n) is 15.5. The molecule has 2 heterocycles. The Morgan fingerprint density at radius 3 is 2.70 bits per heavy atom. The molecule has 0 aliphatic heterocycles. The summed E-state index contributed by atoms with van der Waals surface area (Å²) in [6.45, 7) is 0.0333. The van der Waals surface area contributed by atoms with E-state index in [1.54, 1.807) is 12.1 Å². The van der Waals surface area contributed by atoms with Gasteiger partial charge in [0, 0.05) is 30.2 Å². The number of nitrogens with zero attached hydrogens (tertiary/aromatic N) is 2. The minimum atomic E-state index is -1.17. The van der Waals surface area contributed by atoms with Crippen LogP contribution in [0.1, 0.15) is 16.1 Å². The Kier molecular flexibility index (Phi) is 4.98. The maximum Gasteiger partial charge on any atom is 0.354 e. The summed E-state index contributed by atoms with van der Waals surface area (Å²) in [5, 5.41) is 21.8. The number of hydrogen-bond acceptors (Lipinski definition) is 6.